The standard InChI is InChI=1S/C17H25N3/c1-11-8-14-15(9-12(11)2)20-16(19-14)17(3,4)13-6-5-7-18-10-13/h8-9,13,18H,5-7,10H2,1-4H3,(H,19,20). The molecule has 0 radical (unpaired) electrons. The maximum absolute atomic E-state index is 4.88. The summed E-state index contributed by atoms with van der Waals surface area (Å²) >= 11 is 0. The van der Waals surface area contributed by atoms with Gasteiger partial charge in [-0.05, 0) is 69.0 Å². The Hall–Kier alpha value is -1.35. The molecule has 0 amide bonds. The maximum Gasteiger partial charge on any atom is 0.113 e. The van der Waals surface area contributed by atoms with Crippen LogP contribution in [0.1, 0.15) is 43.6 Å². The van der Waals surface area contributed by atoms with E-state index in [1.165, 1.54) is 29.5 Å². The number of rotatable bonds is 2. The van der Waals surface area contributed by atoms with Crippen LogP contribution in [0.15, 0.2) is 12.1 Å². The number of aryl methyl sites for hydroxylation is 2. The highest BCUT2D eigenvalue weighted by atomic mass is 15.0. The second kappa shape index (κ2) is 4.88. The highest BCUT2D eigenvalue weighted by Crippen LogP contribution is 2.35. The van der Waals surface area contributed by atoms with Crippen LogP contribution in [0.2, 0.25) is 0 Å². The number of aromatic amines is 1. The summed E-state index contributed by atoms with van der Waals surface area (Å²) in [6.07, 6.45) is 2.56. The Balaban J connectivity index is 2.00. The fraction of sp³-hybridized carbons (Fsp3) is 0.588. The van der Waals surface area contributed by atoms with Gasteiger partial charge in [0.2, 0.25) is 0 Å². The number of hydrogen-bond acceptors (Lipinski definition) is 2. The average Bonchev–Trinajstić information content (AvgIpc) is 2.84. The average molecular weight is 271 g/mol. The van der Waals surface area contributed by atoms with Crippen molar-refractivity contribution in [1.82, 2.24) is 15.3 Å². The van der Waals surface area contributed by atoms with E-state index in [2.05, 4.69) is 50.1 Å². The molecular weight excluding hydrogens is 246 g/mol. The Morgan fingerprint density at radius 3 is 2.65 bits per heavy atom. The molecule has 20 heavy (non-hydrogen) atoms. The third-order valence-corrected chi connectivity index (χ3v) is 5.03. The highest BCUT2D eigenvalue weighted by Gasteiger charge is 2.34. The van der Waals surface area contributed by atoms with E-state index in [4.69, 9.17) is 4.98 Å². The minimum absolute atomic E-state index is 0.0915. The van der Waals surface area contributed by atoms with E-state index >= 15 is 0 Å². The van der Waals surface area contributed by atoms with Crippen LogP contribution in [0.25, 0.3) is 11.0 Å². The lowest BCUT2D eigenvalue weighted by Crippen LogP contribution is -2.41. The zero-order chi connectivity index (χ0) is 14.3. The zero-order valence-electron chi connectivity index (χ0n) is 13.0. The van der Waals surface area contributed by atoms with E-state index < -0.39 is 0 Å². The molecule has 1 aliphatic rings. The minimum Gasteiger partial charge on any atom is -0.342 e. The monoisotopic (exact) mass is 271 g/mol. The molecule has 0 bridgehead atoms. The van der Waals surface area contributed by atoms with E-state index in [1.54, 1.807) is 0 Å². The van der Waals surface area contributed by atoms with Gasteiger partial charge in [-0.1, -0.05) is 13.8 Å². The Bertz CT molecular complexity index is 579. The van der Waals surface area contributed by atoms with Gasteiger partial charge in [0.1, 0.15) is 5.82 Å². The molecule has 3 heteroatoms. The predicted molar refractivity (Wildman–Crippen MR) is 84.2 cm³/mol. The van der Waals surface area contributed by atoms with Crippen LogP contribution in [0.5, 0.6) is 0 Å². The lowest BCUT2D eigenvalue weighted by atomic mass is 9.74. The summed E-state index contributed by atoms with van der Waals surface area (Å²) in [6.45, 7) is 11.2. The summed E-state index contributed by atoms with van der Waals surface area (Å²) in [4.78, 5) is 8.44. The zero-order valence-corrected chi connectivity index (χ0v) is 13.0. The van der Waals surface area contributed by atoms with Gasteiger partial charge in [0.25, 0.3) is 0 Å². The SMILES string of the molecule is Cc1cc2nc(C(C)(C)C3CCCNC3)[nH]c2cc1C. The molecule has 3 nitrogen and oxygen atoms in total. The number of H-pyrrole nitrogens is 1. The third kappa shape index (κ3) is 2.24. The van der Waals surface area contributed by atoms with E-state index in [0.717, 1.165) is 24.4 Å². The smallest absolute Gasteiger partial charge is 0.113 e. The van der Waals surface area contributed by atoms with Crippen molar-refractivity contribution in [3.05, 3.63) is 29.1 Å². The van der Waals surface area contributed by atoms with E-state index in [-0.39, 0.29) is 5.41 Å². The molecule has 1 aromatic heterocycles. The lowest BCUT2D eigenvalue weighted by molar-refractivity contribution is 0.243. The van der Waals surface area contributed by atoms with Crippen molar-refractivity contribution in [3.63, 3.8) is 0 Å². The van der Waals surface area contributed by atoms with Crippen molar-refractivity contribution in [2.24, 2.45) is 5.92 Å². The number of hydrogen-bond donors (Lipinski definition) is 2. The number of nitrogens with zero attached hydrogens (tertiary/aromatic N) is 1. The van der Waals surface area contributed by atoms with Crippen LogP contribution >= 0.6 is 0 Å². The van der Waals surface area contributed by atoms with Crippen molar-refractivity contribution in [3.8, 4) is 0 Å². The molecule has 2 N–H and O–H groups in total. The second-order valence-electron chi connectivity index (χ2n) is 6.80. The van der Waals surface area contributed by atoms with Gasteiger partial charge in [-0.25, -0.2) is 4.98 Å². The van der Waals surface area contributed by atoms with Crippen molar-refractivity contribution in [1.29, 1.82) is 0 Å². The van der Waals surface area contributed by atoms with E-state index in [9.17, 15) is 0 Å². The van der Waals surface area contributed by atoms with Crippen LogP contribution in [0.4, 0.5) is 0 Å². The summed E-state index contributed by atoms with van der Waals surface area (Å²) in [5.41, 5.74) is 4.99. The molecule has 1 atom stereocenters. The van der Waals surface area contributed by atoms with E-state index in [1.807, 2.05) is 0 Å². The Morgan fingerprint density at radius 2 is 1.95 bits per heavy atom. The number of fused-ring (bicyclic) bond motifs is 1. The molecule has 2 aromatic rings. The number of benzene rings is 1. The molecule has 1 saturated heterocycles. The number of imidazole rings is 1. The molecule has 1 aliphatic heterocycles. The molecule has 0 saturated carbocycles. The summed E-state index contributed by atoms with van der Waals surface area (Å²) in [7, 11) is 0. The summed E-state index contributed by atoms with van der Waals surface area (Å²) in [6, 6.07) is 4.41. The Morgan fingerprint density at radius 1 is 1.20 bits per heavy atom. The van der Waals surface area contributed by atoms with E-state index in [0.29, 0.717) is 5.92 Å². The molecule has 2 heterocycles. The fourth-order valence-electron chi connectivity index (χ4n) is 3.24. The molecule has 1 fully saturated rings. The van der Waals surface area contributed by atoms with Gasteiger partial charge in [-0.2, -0.15) is 0 Å². The van der Waals surface area contributed by atoms with Crippen LogP contribution in [0.3, 0.4) is 0 Å². The fourth-order valence-corrected chi connectivity index (χ4v) is 3.24. The van der Waals surface area contributed by atoms with Crippen molar-refractivity contribution in [2.45, 2.75) is 46.0 Å². The summed E-state index contributed by atoms with van der Waals surface area (Å²) < 4.78 is 0. The first kappa shape index (κ1) is 13.6. The summed E-state index contributed by atoms with van der Waals surface area (Å²) in [5, 5.41) is 3.52. The molecule has 0 aliphatic carbocycles. The first-order chi connectivity index (χ1) is 9.48. The molecular formula is C17H25N3. The van der Waals surface area contributed by atoms with Gasteiger partial charge in [-0.15, -0.1) is 0 Å². The molecule has 0 spiro atoms. The highest BCUT2D eigenvalue weighted by molar-refractivity contribution is 5.77. The lowest BCUT2D eigenvalue weighted by Gasteiger charge is -2.35. The predicted octanol–water partition coefficient (Wildman–Crippen LogP) is 3.46. The van der Waals surface area contributed by atoms with Crippen molar-refractivity contribution in [2.75, 3.05) is 13.1 Å². The first-order valence-corrected chi connectivity index (χ1v) is 7.66. The molecule has 1 aromatic carbocycles. The quantitative estimate of drug-likeness (QED) is 0.878. The van der Waals surface area contributed by atoms with Gasteiger partial charge in [-0.3, -0.25) is 0 Å². The van der Waals surface area contributed by atoms with Gasteiger partial charge < -0.3 is 10.3 Å². The Labute approximate surface area is 121 Å². The summed E-state index contributed by atoms with van der Waals surface area (Å²) in [5.74, 6) is 1.78. The number of aromatic nitrogens is 2. The van der Waals surface area contributed by atoms with Crippen LogP contribution in [-0.4, -0.2) is 23.1 Å². The van der Waals surface area contributed by atoms with Crippen LogP contribution in [-0.2, 0) is 5.41 Å². The molecule has 3 rings (SSSR count). The van der Waals surface area contributed by atoms with Crippen LogP contribution in [0, 0.1) is 19.8 Å². The number of piperidine rings is 1. The van der Waals surface area contributed by atoms with Gasteiger partial charge >= 0.3 is 0 Å². The molecule has 1 unspecified atom stereocenters. The first-order valence-electron chi connectivity index (χ1n) is 7.66. The van der Waals surface area contributed by atoms with Gasteiger partial charge in [0, 0.05) is 5.41 Å². The van der Waals surface area contributed by atoms with Gasteiger partial charge in [0.15, 0.2) is 0 Å². The van der Waals surface area contributed by atoms with Crippen molar-refractivity contribution >= 4 is 11.0 Å². The van der Waals surface area contributed by atoms with Crippen molar-refractivity contribution < 1.29 is 0 Å². The minimum atomic E-state index is 0.0915. The van der Waals surface area contributed by atoms with Crippen LogP contribution < -0.4 is 5.32 Å². The van der Waals surface area contributed by atoms with Gasteiger partial charge in [0.05, 0.1) is 11.0 Å². The largest absolute Gasteiger partial charge is 0.342 e. The topological polar surface area (TPSA) is 40.7 Å². The number of nitrogens with one attached hydrogen (secondary N) is 2. The Kier molecular flexibility index (Phi) is 3.33. The molecule has 108 valence electrons. The normalized spacial score (nSPS) is 20.5. The second-order valence-corrected chi connectivity index (χ2v) is 6.80. The maximum atomic E-state index is 4.88. The third-order valence-electron chi connectivity index (χ3n) is 5.03.